The molecular formula is C19H14N4O2. The van der Waals surface area contributed by atoms with Gasteiger partial charge in [0, 0.05) is 23.2 Å². The van der Waals surface area contributed by atoms with Crippen LogP contribution < -0.4 is 0 Å². The van der Waals surface area contributed by atoms with Crippen LogP contribution in [0.3, 0.4) is 0 Å². The molecule has 0 amide bonds. The van der Waals surface area contributed by atoms with Crippen molar-refractivity contribution in [1.29, 1.82) is 0 Å². The number of H-pyrrole nitrogens is 1. The quantitative estimate of drug-likeness (QED) is 0.460. The fraction of sp³-hybridized carbons (Fsp3) is 0. The van der Waals surface area contributed by atoms with Crippen molar-refractivity contribution in [3.63, 3.8) is 0 Å². The molecule has 0 radical (unpaired) electrons. The maximum absolute atomic E-state index is 10.1. The van der Waals surface area contributed by atoms with E-state index in [1.807, 2.05) is 36.4 Å². The van der Waals surface area contributed by atoms with E-state index in [-0.39, 0.29) is 11.2 Å². The summed E-state index contributed by atoms with van der Waals surface area (Å²) in [6.45, 7) is 0. The lowest BCUT2D eigenvalue weighted by Gasteiger charge is -2.03. The van der Waals surface area contributed by atoms with Crippen LogP contribution in [-0.2, 0) is 0 Å². The van der Waals surface area contributed by atoms with Crippen LogP contribution in [0.5, 0.6) is 5.75 Å². The lowest BCUT2D eigenvalue weighted by molar-refractivity contribution is 0.477. The molecule has 0 aliphatic rings. The molecule has 6 nitrogen and oxygen atoms in total. The number of nitrogens with zero attached hydrogens (tertiary/aromatic N) is 3. The minimum atomic E-state index is 0. The minimum Gasteiger partial charge on any atom is -0.507 e. The monoisotopic (exact) mass is 330 g/mol. The summed E-state index contributed by atoms with van der Waals surface area (Å²) in [5.41, 5.74) is 4.07. The molecule has 0 saturated carbocycles. The molecule has 122 valence electrons. The fourth-order valence-electron chi connectivity index (χ4n) is 3.15. The Balaban J connectivity index is 0.00000157. The molecular weight excluding hydrogens is 316 g/mol. The number of aromatic amines is 1. The molecule has 0 fully saturated rings. The van der Waals surface area contributed by atoms with Crippen molar-refractivity contribution in [2.24, 2.45) is 0 Å². The summed E-state index contributed by atoms with van der Waals surface area (Å²) in [5, 5.41) is 12.0. The average Bonchev–Trinajstić information content (AvgIpc) is 3.08. The van der Waals surface area contributed by atoms with Gasteiger partial charge in [-0.1, -0.05) is 12.1 Å². The van der Waals surface area contributed by atoms with Gasteiger partial charge in [-0.15, -0.1) is 0 Å². The van der Waals surface area contributed by atoms with Gasteiger partial charge < -0.3 is 15.6 Å². The number of aromatic nitrogens is 4. The van der Waals surface area contributed by atoms with Crippen LogP contribution in [0.4, 0.5) is 0 Å². The van der Waals surface area contributed by atoms with Crippen molar-refractivity contribution < 1.29 is 10.6 Å². The van der Waals surface area contributed by atoms with Crippen molar-refractivity contribution >= 4 is 32.8 Å². The number of fused-ring (bicyclic) bond motifs is 6. The normalized spacial score (nSPS) is 11.0. The summed E-state index contributed by atoms with van der Waals surface area (Å²) in [6, 6.07) is 15.0. The molecule has 0 aliphatic heterocycles. The van der Waals surface area contributed by atoms with Gasteiger partial charge in [-0.25, -0.2) is 4.98 Å². The maximum Gasteiger partial charge on any atom is 0.142 e. The zero-order valence-electron chi connectivity index (χ0n) is 13.1. The van der Waals surface area contributed by atoms with Gasteiger partial charge >= 0.3 is 0 Å². The second-order valence-corrected chi connectivity index (χ2v) is 5.63. The van der Waals surface area contributed by atoms with Gasteiger partial charge in [0.15, 0.2) is 0 Å². The molecule has 0 spiro atoms. The van der Waals surface area contributed by atoms with Crippen LogP contribution >= 0.6 is 0 Å². The van der Waals surface area contributed by atoms with Gasteiger partial charge in [-0.05, 0) is 36.4 Å². The Morgan fingerprint density at radius 2 is 1.44 bits per heavy atom. The molecule has 25 heavy (non-hydrogen) atoms. The number of para-hydroxylation sites is 1. The first-order chi connectivity index (χ1) is 11.8. The number of pyridine rings is 2. The highest BCUT2D eigenvalue weighted by Crippen LogP contribution is 2.34. The van der Waals surface area contributed by atoms with Crippen LogP contribution in [0.15, 0.2) is 60.9 Å². The Morgan fingerprint density at radius 3 is 2.20 bits per heavy atom. The van der Waals surface area contributed by atoms with E-state index in [9.17, 15) is 5.11 Å². The van der Waals surface area contributed by atoms with E-state index in [0.29, 0.717) is 11.4 Å². The topological polar surface area (TPSA) is 106 Å². The number of phenolic OH excluding ortho intramolecular Hbond substituents is 1. The summed E-state index contributed by atoms with van der Waals surface area (Å²) in [6.07, 6.45) is 3.53. The van der Waals surface area contributed by atoms with Crippen molar-refractivity contribution in [3.8, 4) is 17.1 Å². The van der Waals surface area contributed by atoms with E-state index < -0.39 is 0 Å². The van der Waals surface area contributed by atoms with Gasteiger partial charge in [0.1, 0.15) is 11.6 Å². The SMILES string of the molecule is O.Oc1ccccc1-c1nc2c3cccnc3c3ncccc3c2[nH]1. The average molecular weight is 330 g/mol. The number of phenols is 1. The molecule has 4 N–H and O–H groups in total. The van der Waals surface area contributed by atoms with Crippen LogP contribution in [-0.4, -0.2) is 30.5 Å². The van der Waals surface area contributed by atoms with Crippen LogP contribution in [0.2, 0.25) is 0 Å². The summed E-state index contributed by atoms with van der Waals surface area (Å²) >= 11 is 0. The highest BCUT2D eigenvalue weighted by molar-refractivity contribution is 6.21. The lowest BCUT2D eigenvalue weighted by atomic mass is 10.1. The van der Waals surface area contributed by atoms with E-state index in [1.54, 1.807) is 24.5 Å². The molecule has 0 aliphatic carbocycles. The number of rotatable bonds is 1. The third-order valence-corrected chi connectivity index (χ3v) is 4.23. The Kier molecular flexibility index (Phi) is 3.33. The predicted molar refractivity (Wildman–Crippen MR) is 97.4 cm³/mol. The van der Waals surface area contributed by atoms with Gasteiger partial charge in [-0.2, -0.15) is 0 Å². The van der Waals surface area contributed by atoms with E-state index in [4.69, 9.17) is 4.98 Å². The molecule has 3 heterocycles. The van der Waals surface area contributed by atoms with Crippen molar-refractivity contribution in [2.75, 3.05) is 0 Å². The predicted octanol–water partition coefficient (Wildman–Crippen LogP) is 3.21. The van der Waals surface area contributed by atoms with E-state index >= 15 is 0 Å². The third kappa shape index (κ3) is 2.12. The molecule has 6 heteroatoms. The third-order valence-electron chi connectivity index (χ3n) is 4.23. The highest BCUT2D eigenvalue weighted by Gasteiger charge is 2.16. The smallest absolute Gasteiger partial charge is 0.142 e. The Hall–Kier alpha value is -3.51. The Labute approximate surface area is 142 Å². The fourth-order valence-corrected chi connectivity index (χ4v) is 3.15. The standard InChI is InChI=1S/C19H12N4O.H2O/c24-14-8-2-1-5-11(14)19-22-17-12-6-3-9-20-15(12)16-13(18(17)23-19)7-4-10-21-16;/h1-10,24H,(H,22,23);1H2. The van der Waals surface area contributed by atoms with Crippen molar-refractivity contribution in [2.45, 2.75) is 0 Å². The number of aromatic hydroxyl groups is 1. The minimum absolute atomic E-state index is 0. The van der Waals surface area contributed by atoms with Gasteiger partial charge in [0.05, 0.1) is 27.6 Å². The summed E-state index contributed by atoms with van der Waals surface area (Å²) in [7, 11) is 0. The first-order valence-corrected chi connectivity index (χ1v) is 7.62. The largest absolute Gasteiger partial charge is 0.507 e. The summed E-state index contributed by atoms with van der Waals surface area (Å²) in [4.78, 5) is 17.1. The van der Waals surface area contributed by atoms with Crippen LogP contribution in [0.25, 0.3) is 44.2 Å². The van der Waals surface area contributed by atoms with Crippen LogP contribution in [0.1, 0.15) is 0 Å². The number of hydrogen-bond donors (Lipinski definition) is 2. The molecule has 2 aromatic carbocycles. The first-order valence-electron chi connectivity index (χ1n) is 7.62. The molecule has 0 saturated heterocycles. The van der Waals surface area contributed by atoms with Crippen molar-refractivity contribution in [3.05, 3.63) is 60.9 Å². The molecule has 0 atom stereocenters. The second-order valence-electron chi connectivity index (χ2n) is 5.63. The lowest BCUT2D eigenvalue weighted by Crippen LogP contribution is -1.86. The van der Waals surface area contributed by atoms with E-state index in [0.717, 1.165) is 32.8 Å². The number of nitrogens with one attached hydrogen (secondary N) is 1. The summed E-state index contributed by atoms with van der Waals surface area (Å²) in [5.74, 6) is 0.825. The maximum atomic E-state index is 10.1. The second kappa shape index (κ2) is 5.54. The zero-order chi connectivity index (χ0) is 16.1. The number of hydrogen-bond acceptors (Lipinski definition) is 4. The number of imidazole rings is 1. The van der Waals surface area contributed by atoms with E-state index in [1.165, 1.54) is 0 Å². The molecule has 5 aromatic rings. The van der Waals surface area contributed by atoms with Gasteiger partial charge in [0.2, 0.25) is 0 Å². The summed E-state index contributed by atoms with van der Waals surface area (Å²) < 4.78 is 0. The van der Waals surface area contributed by atoms with Gasteiger partial charge in [-0.3, -0.25) is 9.97 Å². The molecule has 0 unspecified atom stereocenters. The first kappa shape index (κ1) is 15.0. The molecule has 5 rings (SSSR count). The molecule has 0 bridgehead atoms. The zero-order valence-corrected chi connectivity index (χ0v) is 13.1. The number of benzene rings is 2. The Bertz CT molecular complexity index is 1160. The molecule has 3 aromatic heterocycles. The Morgan fingerprint density at radius 1 is 0.760 bits per heavy atom. The van der Waals surface area contributed by atoms with Crippen molar-refractivity contribution in [1.82, 2.24) is 19.9 Å². The van der Waals surface area contributed by atoms with E-state index in [2.05, 4.69) is 15.0 Å². The van der Waals surface area contributed by atoms with Gasteiger partial charge in [0.25, 0.3) is 0 Å². The van der Waals surface area contributed by atoms with Crippen LogP contribution in [0, 0.1) is 0 Å². The highest BCUT2D eigenvalue weighted by atomic mass is 16.3.